The topological polar surface area (TPSA) is 66.4 Å². The summed E-state index contributed by atoms with van der Waals surface area (Å²) < 4.78 is 34.5. The van der Waals surface area contributed by atoms with Gasteiger partial charge in [0.1, 0.15) is 24.4 Å². The average Bonchev–Trinajstić information content (AvgIpc) is 3.45. The Hall–Kier alpha value is 0.151. The molecule has 6 nitrogen and oxygen atoms in total. The van der Waals surface area contributed by atoms with Crippen LogP contribution in [0.5, 0.6) is 0 Å². The predicted molar refractivity (Wildman–Crippen MR) is 218 cm³/mol. The summed E-state index contributed by atoms with van der Waals surface area (Å²) in [5.74, 6) is 6.88. The van der Waals surface area contributed by atoms with Gasteiger partial charge >= 0.3 is 0 Å². The second-order valence-electron chi connectivity index (χ2n) is 21.5. The molecule has 14 atom stereocenters. The summed E-state index contributed by atoms with van der Waals surface area (Å²) in [4.78, 5) is 0. The van der Waals surface area contributed by atoms with Crippen molar-refractivity contribution in [2.24, 2.45) is 52.8 Å². The van der Waals surface area contributed by atoms with E-state index in [9.17, 15) is 5.11 Å². The van der Waals surface area contributed by atoms with E-state index in [-0.39, 0.29) is 24.2 Å². The van der Waals surface area contributed by atoms with E-state index in [1.54, 1.807) is 5.57 Å². The van der Waals surface area contributed by atoms with Crippen LogP contribution in [-0.2, 0) is 22.8 Å². The molecule has 4 fully saturated rings. The number of rotatable bonds is 14. The van der Waals surface area contributed by atoms with E-state index >= 15 is 0 Å². The third-order valence-corrected chi connectivity index (χ3v) is 16.5. The van der Waals surface area contributed by atoms with Crippen LogP contribution in [0.2, 0.25) is 58.9 Å². The molecule has 0 spiro atoms. The number of hydrogen-bond donors (Lipinski definition) is 1. The van der Waals surface area contributed by atoms with Crippen molar-refractivity contribution in [1.29, 1.82) is 0 Å². The van der Waals surface area contributed by atoms with Gasteiger partial charge in [-0.05, 0) is 157 Å². The van der Waals surface area contributed by atoms with Gasteiger partial charge in [-0.25, -0.2) is 0 Å². The van der Waals surface area contributed by atoms with E-state index in [0.29, 0.717) is 0 Å². The molecule has 3 saturated carbocycles. The summed E-state index contributed by atoms with van der Waals surface area (Å²) in [5.41, 5.74) is 1.90. The number of hydrogen-bond acceptors (Lipinski definition) is 6. The maximum absolute atomic E-state index is 10.7. The number of aliphatic hydroxyl groups is 1. The molecule has 1 aliphatic heterocycles. The van der Waals surface area contributed by atoms with E-state index in [4.69, 9.17) is 22.8 Å². The van der Waals surface area contributed by atoms with E-state index in [1.807, 2.05) is 0 Å². The highest BCUT2D eigenvalue weighted by Gasteiger charge is 2.58. The van der Waals surface area contributed by atoms with Gasteiger partial charge in [-0.1, -0.05) is 65.5 Å². The molecule has 0 radical (unpaired) electrons. The van der Waals surface area contributed by atoms with Crippen molar-refractivity contribution in [2.45, 2.75) is 195 Å². The Bertz CT molecular complexity index is 1170. The van der Waals surface area contributed by atoms with Crippen LogP contribution in [0.3, 0.4) is 0 Å². The fourth-order valence-electron chi connectivity index (χ4n) is 11.5. The van der Waals surface area contributed by atoms with Crippen LogP contribution in [0.1, 0.15) is 98.8 Å². The van der Waals surface area contributed by atoms with Crippen molar-refractivity contribution >= 4 is 25.0 Å². The molecular formula is C42H80O6Si3. The molecular weight excluding hydrogens is 685 g/mol. The van der Waals surface area contributed by atoms with Gasteiger partial charge in [0.2, 0.25) is 0 Å². The van der Waals surface area contributed by atoms with Crippen molar-refractivity contribution < 1.29 is 27.9 Å². The molecule has 8 unspecified atom stereocenters. The zero-order chi connectivity index (χ0) is 37.7. The lowest BCUT2D eigenvalue weighted by Gasteiger charge is -2.57. The molecule has 296 valence electrons. The highest BCUT2D eigenvalue weighted by atomic mass is 28.4. The molecule has 1 saturated heterocycles. The zero-order valence-corrected chi connectivity index (χ0v) is 38.4. The van der Waals surface area contributed by atoms with Crippen LogP contribution in [0.4, 0.5) is 0 Å². The van der Waals surface area contributed by atoms with Gasteiger partial charge in [-0.2, -0.15) is 0 Å². The summed E-state index contributed by atoms with van der Waals surface area (Å²) in [7, 11) is -6.05. The Labute approximate surface area is 317 Å². The van der Waals surface area contributed by atoms with Gasteiger partial charge in [0, 0.05) is 0 Å². The summed E-state index contributed by atoms with van der Waals surface area (Å²) in [6.07, 6.45) is 13.4. The summed E-state index contributed by atoms with van der Waals surface area (Å²) >= 11 is 0. The Kier molecular flexibility index (Phi) is 13.5. The Morgan fingerprint density at radius 2 is 1.47 bits per heavy atom. The van der Waals surface area contributed by atoms with Crippen molar-refractivity contribution in [3.8, 4) is 0 Å². The van der Waals surface area contributed by atoms with Crippen molar-refractivity contribution in [1.82, 2.24) is 0 Å². The van der Waals surface area contributed by atoms with Gasteiger partial charge in [0.05, 0.1) is 12.7 Å². The van der Waals surface area contributed by atoms with E-state index in [0.717, 1.165) is 60.2 Å². The molecule has 5 rings (SSSR count). The first-order valence-electron chi connectivity index (χ1n) is 21.2. The number of ether oxygens (including phenoxy) is 2. The third kappa shape index (κ3) is 10.1. The molecule has 4 aliphatic carbocycles. The summed E-state index contributed by atoms with van der Waals surface area (Å²) in [6.45, 7) is 32.4. The molecule has 5 aliphatic rings. The first-order chi connectivity index (χ1) is 23.6. The third-order valence-electron chi connectivity index (χ3n) is 13.5. The van der Waals surface area contributed by atoms with Gasteiger partial charge in [0.15, 0.2) is 31.2 Å². The zero-order valence-electron chi connectivity index (χ0n) is 35.4. The van der Waals surface area contributed by atoms with Gasteiger partial charge in [-0.15, -0.1) is 0 Å². The van der Waals surface area contributed by atoms with Crippen LogP contribution < -0.4 is 0 Å². The standard InChI is InChI=1S/C42H80O6Si3/c1-27(2)16-15-17-28(3)32-20-21-34-33-19-18-30-25-31(22-23-42(30,5)35(33)24-29(4)37(32)34)44-41-40(48-51(12,13)14)39(47-50(9,10)11)38(36(26-43)45-41)46-49(6,7)8/h18,27-29,31-41,43H,15-17,19-26H2,1-14H3/t28-,29?,31?,32-,33?,34?,35?,36?,37?,38-,39+,40?,41+,42+/m1/s1. The second-order valence-corrected chi connectivity index (χ2v) is 34.8. The predicted octanol–water partition coefficient (Wildman–Crippen LogP) is 10.6. The Morgan fingerprint density at radius 3 is 2.08 bits per heavy atom. The van der Waals surface area contributed by atoms with Crippen LogP contribution in [0.25, 0.3) is 0 Å². The lowest BCUT2D eigenvalue weighted by molar-refractivity contribution is -0.304. The SMILES string of the molecule is CC(C)CCC[C@@H](C)[C@H]1CCC2C3CC=C4CC(O[C@H]5OC(CO)[C@@H](O[Si](C)(C)C)[C@H](O[Si](C)(C)C)C5O[Si](C)(C)C)CC[C@]4(C)C3CC(C)C21. The van der Waals surface area contributed by atoms with Crippen LogP contribution in [0, 0.1) is 52.8 Å². The Morgan fingerprint density at radius 1 is 0.843 bits per heavy atom. The molecule has 0 aromatic carbocycles. The number of allylic oxidation sites excluding steroid dienone is 1. The van der Waals surface area contributed by atoms with Crippen molar-refractivity contribution in [3.63, 3.8) is 0 Å². The van der Waals surface area contributed by atoms with E-state index in [2.05, 4.69) is 99.6 Å². The van der Waals surface area contributed by atoms with Crippen LogP contribution in [0.15, 0.2) is 11.6 Å². The second kappa shape index (κ2) is 16.3. The molecule has 1 N–H and O–H groups in total. The average molecular weight is 765 g/mol. The first kappa shape index (κ1) is 42.3. The van der Waals surface area contributed by atoms with E-state index in [1.165, 1.54) is 51.4 Å². The summed E-state index contributed by atoms with van der Waals surface area (Å²) in [5, 5.41) is 10.7. The number of fused-ring (bicyclic) bond motifs is 5. The molecule has 0 aromatic heterocycles. The maximum Gasteiger partial charge on any atom is 0.185 e. The lowest BCUT2D eigenvalue weighted by atomic mass is 9.48. The summed E-state index contributed by atoms with van der Waals surface area (Å²) in [6, 6.07) is 0. The van der Waals surface area contributed by atoms with Gasteiger partial charge < -0.3 is 27.9 Å². The first-order valence-corrected chi connectivity index (χ1v) is 31.5. The van der Waals surface area contributed by atoms with Gasteiger partial charge in [0.25, 0.3) is 0 Å². The number of aliphatic hydroxyl groups excluding tert-OH is 1. The molecule has 0 bridgehead atoms. The van der Waals surface area contributed by atoms with Crippen LogP contribution in [-0.4, -0.2) is 73.5 Å². The van der Waals surface area contributed by atoms with Crippen molar-refractivity contribution in [2.75, 3.05) is 6.61 Å². The molecule has 0 amide bonds. The molecule has 51 heavy (non-hydrogen) atoms. The molecule has 0 aromatic rings. The fourth-order valence-corrected chi connectivity index (χ4v) is 14.8. The smallest absolute Gasteiger partial charge is 0.185 e. The maximum atomic E-state index is 10.7. The fraction of sp³-hybridized carbons (Fsp3) is 0.952. The minimum absolute atomic E-state index is 0.0660. The monoisotopic (exact) mass is 765 g/mol. The molecule has 9 heteroatoms. The minimum Gasteiger partial charge on any atom is -0.409 e. The highest BCUT2D eigenvalue weighted by Crippen LogP contribution is 2.64. The minimum atomic E-state index is -2.03. The van der Waals surface area contributed by atoms with Gasteiger partial charge in [-0.3, -0.25) is 0 Å². The highest BCUT2D eigenvalue weighted by molar-refractivity contribution is 6.70. The van der Waals surface area contributed by atoms with Crippen molar-refractivity contribution in [3.05, 3.63) is 11.6 Å². The lowest BCUT2D eigenvalue weighted by Crippen LogP contribution is -2.66. The van der Waals surface area contributed by atoms with E-state index < -0.39 is 49.6 Å². The largest absolute Gasteiger partial charge is 0.409 e. The Balaban J connectivity index is 1.33. The molecule has 1 heterocycles. The normalized spacial score (nSPS) is 41.1. The van der Waals surface area contributed by atoms with Crippen LogP contribution >= 0.6 is 0 Å². The quantitative estimate of drug-likeness (QED) is 0.140.